The predicted molar refractivity (Wildman–Crippen MR) is 147 cm³/mol. The summed E-state index contributed by atoms with van der Waals surface area (Å²) < 4.78 is 5.88. The molecule has 9 heteroatoms. The first kappa shape index (κ1) is 24.0. The van der Waals surface area contributed by atoms with E-state index in [0.717, 1.165) is 66.0 Å². The molecule has 0 unspecified atom stereocenters. The normalized spacial score (nSPS) is 17.0. The van der Waals surface area contributed by atoms with Crippen LogP contribution in [0.2, 0.25) is 0 Å². The van der Waals surface area contributed by atoms with Crippen molar-refractivity contribution in [3.05, 3.63) is 78.1 Å². The number of benzene rings is 2. The first-order valence-corrected chi connectivity index (χ1v) is 12.8. The maximum absolute atomic E-state index is 12.6. The molecule has 3 heterocycles. The van der Waals surface area contributed by atoms with Gasteiger partial charge in [-0.2, -0.15) is 5.10 Å². The lowest BCUT2D eigenvalue weighted by molar-refractivity contribution is -0.134. The summed E-state index contributed by atoms with van der Waals surface area (Å²) >= 11 is 0. The Kier molecular flexibility index (Phi) is 6.66. The molecule has 1 aliphatic heterocycles. The second-order valence-electron chi connectivity index (χ2n) is 9.65. The number of ether oxygens (including phenoxy) is 1. The number of rotatable bonds is 5. The lowest BCUT2D eigenvalue weighted by atomic mass is 10.1. The number of allylic oxidation sites excluding steroid dienone is 2. The van der Waals surface area contributed by atoms with E-state index in [9.17, 15) is 4.79 Å². The fraction of sp³-hybridized carbons (Fsp3) is 0.276. The fourth-order valence-corrected chi connectivity index (χ4v) is 4.74. The third kappa shape index (κ3) is 5.19. The van der Waals surface area contributed by atoms with Crippen LogP contribution in [0.25, 0.3) is 22.3 Å². The molecule has 0 spiro atoms. The molecule has 1 N–H and O–H groups in total. The summed E-state index contributed by atoms with van der Waals surface area (Å²) in [5, 5.41) is 8.13. The number of piperazine rings is 1. The maximum atomic E-state index is 12.6. The molecule has 0 radical (unpaired) electrons. The van der Waals surface area contributed by atoms with Crippen LogP contribution in [0.3, 0.4) is 0 Å². The molecule has 192 valence electrons. The number of likely N-dealkylation sites (N-methyl/N-ethyl adjacent to an activating group) is 1. The van der Waals surface area contributed by atoms with Crippen molar-refractivity contribution in [1.29, 1.82) is 0 Å². The summed E-state index contributed by atoms with van der Waals surface area (Å²) in [7, 11) is 2.07. The Morgan fingerprint density at radius 1 is 1.08 bits per heavy atom. The van der Waals surface area contributed by atoms with Crippen molar-refractivity contribution in [3.8, 4) is 17.1 Å². The summed E-state index contributed by atoms with van der Waals surface area (Å²) in [6.45, 7) is 3.23. The molecule has 6 rings (SSSR count). The third-order valence-electron chi connectivity index (χ3n) is 6.95. The lowest BCUT2D eigenvalue weighted by Gasteiger charge is -2.32. The molecule has 1 fully saturated rings. The summed E-state index contributed by atoms with van der Waals surface area (Å²) in [6.07, 6.45) is 7.49. The van der Waals surface area contributed by atoms with Crippen LogP contribution in [0, 0.1) is 0 Å². The number of aromatic nitrogens is 4. The van der Waals surface area contributed by atoms with Crippen molar-refractivity contribution < 1.29 is 9.53 Å². The van der Waals surface area contributed by atoms with Gasteiger partial charge in [-0.25, -0.2) is 15.0 Å². The Labute approximate surface area is 220 Å². The van der Waals surface area contributed by atoms with Gasteiger partial charge in [0.2, 0.25) is 0 Å². The molecule has 2 aromatic carbocycles. The van der Waals surface area contributed by atoms with Crippen LogP contribution in [-0.2, 0) is 17.6 Å². The molecule has 1 saturated heterocycles. The van der Waals surface area contributed by atoms with Crippen LogP contribution >= 0.6 is 0 Å². The van der Waals surface area contributed by atoms with Gasteiger partial charge in [0.15, 0.2) is 18.2 Å². The largest absolute Gasteiger partial charge is 0.484 e. The number of H-pyrrole nitrogens is 1. The van der Waals surface area contributed by atoms with Gasteiger partial charge in [-0.05, 0) is 43.0 Å². The number of aromatic amines is 1. The fourth-order valence-electron chi connectivity index (χ4n) is 4.74. The van der Waals surface area contributed by atoms with Gasteiger partial charge in [0, 0.05) is 61.4 Å². The van der Waals surface area contributed by atoms with E-state index >= 15 is 0 Å². The zero-order valence-corrected chi connectivity index (χ0v) is 21.3. The molecule has 0 saturated carbocycles. The quantitative estimate of drug-likeness (QED) is 0.443. The first-order valence-electron chi connectivity index (χ1n) is 12.8. The number of carbonyl (C=O) groups excluding carboxylic acids is 1. The molecule has 9 nitrogen and oxygen atoms in total. The second kappa shape index (κ2) is 10.5. The van der Waals surface area contributed by atoms with E-state index in [1.165, 1.54) is 0 Å². The average molecular weight is 508 g/mol. The molecule has 2 aromatic heterocycles. The van der Waals surface area contributed by atoms with Gasteiger partial charge in [0.05, 0.1) is 11.7 Å². The van der Waals surface area contributed by atoms with Crippen molar-refractivity contribution in [2.45, 2.75) is 12.8 Å². The third-order valence-corrected chi connectivity index (χ3v) is 6.95. The average Bonchev–Trinajstić information content (AvgIpc) is 3.29. The number of hydrogen-bond acceptors (Lipinski definition) is 7. The molecule has 0 atom stereocenters. The van der Waals surface area contributed by atoms with E-state index in [1.54, 1.807) is 0 Å². The highest BCUT2D eigenvalue weighted by atomic mass is 16.5. The van der Waals surface area contributed by atoms with E-state index in [-0.39, 0.29) is 12.5 Å². The minimum absolute atomic E-state index is 0.000745. The van der Waals surface area contributed by atoms with Crippen LogP contribution in [0.5, 0.6) is 5.75 Å². The molecule has 1 aliphatic carbocycles. The molecule has 1 amide bonds. The summed E-state index contributed by atoms with van der Waals surface area (Å²) in [6, 6.07) is 15.5. The number of hydrogen-bond donors (Lipinski definition) is 1. The highest BCUT2D eigenvalue weighted by Gasteiger charge is 2.19. The van der Waals surface area contributed by atoms with Gasteiger partial charge < -0.3 is 14.5 Å². The number of nitrogens with zero attached hydrogens (tertiary/aromatic N) is 6. The Morgan fingerprint density at radius 3 is 2.84 bits per heavy atom. The van der Waals surface area contributed by atoms with Crippen LogP contribution < -0.4 is 4.74 Å². The van der Waals surface area contributed by atoms with Gasteiger partial charge >= 0.3 is 0 Å². The van der Waals surface area contributed by atoms with Crippen molar-refractivity contribution in [2.75, 3.05) is 39.8 Å². The van der Waals surface area contributed by atoms with E-state index in [2.05, 4.69) is 34.3 Å². The van der Waals surface area contributed by atoms with Gasteiger partial charge in [-0.1, -0.05) is 30.3 Å². The Hall–Kier alpha value is -4.37. The maximum Gasteiger partial charge on any atom is 0.260 e. The van der Waals surface area contributed by atoms with Gasteiger partial charge in [0.25, 0.3) is 5.91 Å². The highest BCUT2D eigenvalue weighted by molar-refractivity contribution is 6.01. The first-order chi connectivity index (χ1) is 18.6. The molecular formula is C29H29N7O2. The smallest absolute Gasteiger partial charge is 0.260 e. The topological polar surface area (TPSA) is 99.6 Å². The SMILES string of the molecule is CN1CCN(C(=O)COc2cccc(-c3nc(N=C4C=CCc5[nH]ncc5C4)c4ccccc4n3)c2)CC1. The van der Waals surface area contributed by atoms with E-state index in [0.29, 0.717) is 23.8 Å². The highest BCUT2D eigenvalue weighted by Crippen LogP contribution is 2.29. The molecule has 38 heavy (non-hydrogen) atoms. The Balaban J connectivity index is 1.27. The van der Waals surface area contributed by atoms with E-state index < -0.39 is 0 Å². The lowest BCUT2D eigenvalue weighted by Crippen LogP contribution is -2.48. The molecular weight excluding hydrogens is 478 g/mol. The van der Waals surface area contributed by atoms with Crippen LogP contribution in [0.15, 0.2) is 71.9 Å². The molecule has 2 aliphatic rings. The van der Waals surface area contributed by atoms with Crippen LogP contribution in [-0.4, -0.2) is 81.4 Å². The van der Waals surface area contributed by atoms with Crippen molar-refractivity contribution in [3.63, 3.8) is 0 Å². The van der Waals surface area contributed by atoms with Crippen LogP contribution in [0.1, 0.15) is 11.3 Å². The number of amides is 1. The Bertz CT molecular complexity index is 1530. The van der Waals surface area contributed by atoms with Crippen molar-refractivity contribution >= 4 is 28.3 Å². The van der Waals surface area contributed by atoms with Crippen molar-refractivity contribution in [1.82, 2.24) is 30.0 Å². The summed E-state index contributed by atoms with van der Waals surface area (Å²) in [5.41, 5.74) is 4.79. The number of carbonyl (C=O) groups is 1. The number of para-hydroxylation sites is 1. The minimum atomic E-state index is 0.000745. The zero-order valence-electron chi connectivity index (χ0n) is 21.3. The predicted octanol–water partition coefficient (Wildman–Crippen LogP) is 3.60. The number of fused-ring (bicyclic) bond motifs is 2. The molecule has 4 aromatic rings. The number of nitrogens with one attached hydrogen (secondary N) is 1. The summed E-state index contributed by atoms with van der Waals surface area (Å²) in [4.78, 5) is 31.3. The number of aliphatic imine (C=N–C) groups is 1. The monoisotopic (exact) mass is 507 g/mol. The van der Waals surface area contributed by atoms with Crippen molar-refractivity contribution in [2.24, 2.45) is 4.99 Å². The van der Waals surface area contributed by atoms with Crippen LogP contribution in [0.4, 0.5) is 5.82 Å². The second-order valence-corrected chi connectivity index (χ2v) is 9.65. The van der Waals surface area contributed by atoms with Gasteiger partial charge in [0.1, 0.15) is 5.75 Å². The van der Waals surface area contributed by atoms with Gasteiger partial charge in [-0.15, -0.1) is 0 Å². The van der Waals surface area contributed by atoms with Gasteiger partial charge in [-0.3, -0.25) is 9.89 Å². The van der Waals surface area contributed by atoms with E-state index in [1.807, 2.05) is 59.6 Å². The Morgan fingerprint density at radius 2 is 1.95 bits per heavy atom. The molecule has 0 bridgehead atoms. The minimum Gasteiger partial charge on any atom is -0.484 e. The standard InChI is InChI=1S/C29H29N7O2/c1-35-12-14-36(15-13-35)27(37)19-38-23-8-4-6-20(17-23)28-32-26-10-3-2-9-24(26)29(33-28)31-22-7-5-11-25-21(16-22)18-30-34-25/h2-10,17-18H,11-16,19H2,1H3,(H,30,34). The summed E-state index contributed by atoms with van der Waals surface area (Å²) in [5.74, 6) is 1.78. The van der Waals surface area contributed by atoms with E-state index in [4.69, 9.17) is 19.7 Å². The zero-order chi connectivity index (χ0) is 25.9.